The van der Waals surface area contributed by atoms with Gasteiger partial charge in [0.1, 0.15) is 0 Å². The Labute approximate surface area is 113 Å². The molecule has 2 aromatic rings. The fourth-order valence-electron chi connectivity index (χ4n) is 1.99. The van der Waals surface area contributed by atoms with E-state index in [0.717, 1.165) is 29.1 Å². The van der Waals surface area contributed by atoms with E-state index in [0.29, 0.717) is 6.42 Å². The molecule has 0 spiro atoms. The first kappa shape index (κ1) is 13.4. The standard InChI is InChI=1S/C16H18N2O/c1-13-11-14(2)18(17-13)12-16-9-4-3-7-15(16)8-5-6-10-19/h3-4,7,9,11,19H,6,10,12H2,1-2H3. The molecule has 0 aliphatic carbocycles. The molecule has 0 saturated heterocycles. The Bertz CT molecular complexity index is 617. The van der Waals surface area contributed by atoms with Gasteiger partial charge in [0, 0.05) is 17.7 Å². The van der Waals surface area contributed by atoms with Crippen LogP contribution in [0, 0.1) is 25.7 Å². The van der Waals surface area contributed by atoms with Gasteiger partial charge in [0.15, 0.2) is 0 Å². The van der Waals surface area contributed by atoms with Crippen LogP contribution in [0.1, 0.15) is 28.9 Å². The molecule has 0 unspecified atom stereocenters. The number of rotatable bonds is 3. The summed E-state index contributed by atoms with van der Waals surface area (Å²) in [7, 11) is 0. The molecule has 0 fully saturated rings. The van der Waals surface area contributed by atoms with Crippen molar-refractivity contribution in [2.75, 3.05) is 6.61 Å². The number of aliphatic hydroxyl groups is 1. The van der Waals surface area contributed by atoms with Crippen molar-refractivity contribution in [3.63, 3.8) is 0 Å². The Kier molecular flexibility index (Phi) is 4.38. The first-order valence-electron chi connectivity index (χ1n) is 6.39. The molecule has 0 aliphatic heterocycles. The summed E-state index contributed by atoms with van der Waals surface area (Å²) in [5, 5.41) is 13.2. The molecule has 1 aromatic heterocycles. The molecule has 1 heterocycles. The van der Waals surface area contributed by atoms with E-state index in [1.165, 1.54) is 0 Å². The second-order valence-corrected chi connectivity index (χ2v) is 4.52. The largest absolute Gasteiger partial charge is 0.395 e. The van der Waals surface area contributed by atoms with Crippen molar-refractivity contribution in [1.29, 1.82) is 0 Å². The molecule has 2 rings (SSSR count). The Balaban J connectivity index is 2.26. The number of hydrogen-bond donors (Lipinski definition) is 1. The maximum absolute atomic E-state index is 8.77. The average Bonchev–Trinajstić information content (AvgIpc) is 2.70. The number of aryl methyl sites for hydroxylation is 2. The normalized spacial score (nSPS) is 10.1. The molecular weight excluding hydrogens is 236 g/mol. The number of benzene rings is 1. The minimum absolute atomic E-state index is 0.104. The highest BCUT2D eigenvalue weighted by Gasteiger charge is 2.04. The quantitative estimate of drug-likeness (QED) is 0.853. The monoisotopic (exact) mass is 254 g/mol. The Morgan fingerprint density at radius 1 is 1.26 bits per heavy atom. The second kappa shape index (κ2) is 6.21. The van der Waals surface area contributed by atoms with Crippen molar-refractivity contribution in [3.05, 3.63) is 52.8 Å². The lowest BCUT2D eigenvalue weighted by Crippen LogP contribution is -2.05. The Morgan fingerprint density at radius 2 is 2.05 bits per heavy atom. The van der Waals surface area contributed by atoms with Crippen LogP contribution >= 0.6 is 0 Å². The molecular formula is C16H18N2O. The maximum atomic E-state index is 8.77. The molecule has 3 nitrogen and oxygen atoms in total. The van der Waals surface area contributed by atoms with Crippen LogP contribution in [0.15, 0.2) is 30.3 Å². The molecule has 98 valence electrons. The average molecular weight is 254 g/mol. The fourth-order valence-corrected chi connectivity index (χ4v) is 1.99. The van der Waals surface area contributed by atoms with Gasteiger partial charge in [0.2, 0.25) is 0 Å². The van der Waals surface area contributed by atoms with E-state index >= 15 is 0 Å². The highest BCUT2D eigenvalue weighted by molar-refractivity contribution is 5.41. The molecule has 0 radical (unpaired) electrons. The summed E-state index contributed by atoms with van der Waals surface area (Å²) < 4.78 is 1.99. The lowest BCUT2D eigenvalue weighted by molar-refractivity contribution is 0.305. The van der Waals surface area contributed by atoms with Gasteiger partial charge < -0.3 is 5.11 Å². The predicted octanol–water partition coefficient (Wildman–Crippen LogP) is 2.28. The van der Waals surface area contributed by atoms with Gasteiger partial charge >= 0.3 is 0 Å². The minimum atomic E-state index is 0.104. The van der Waals surface area contributed by atoms with Crippen LogP contribution in [0.2, 0.25) is 0 Å². The molecule has 19 heavy (non-hydrogen) atoms. The van der Waals surface area contributed by atoms with Crippen molar-refractivity contribution in [2.45, 2.75) is 26.8 Å². The van der Waals surface area contributed by atoms with E-state index in [-0.39, 0.29) is 6.61 Å². The van der Waals surface area contributed by atoms with Crippen molar-refractivity contribution in [3.8, 4) is 11.8 Å². The van der Waals surface area contributed by atoms with E-state index in [9.17, 15) is 0 Å². The van der Waals surface area contributed by atoms with E-state index in [1.54, 1.807) is 0 Å². The highest BCUT2D eigenvalue weighted by atomic mass is 16.2. The lowest BCUT2D eigenvalue weighted by atomic mass is 10.1. The molecule has 0 aliphatic rings. The van der Waals surface area contributed by atoms with Crippen molar-refractivity contribution < 1.29 is 5.11 Å². The van der Waals surface area contributed by atoms with Crippen LogP contribution in [-0.4, -0.2) is 21.5 Å². The van der Waals surface area contributed by atoms with Gasteiger partial charge in [-0.15, -0.1) is 0 Å². The first-order chi connectivity index (χ1) is 9.20. The van der Waals surface area contributed by atoms with E-state index < -0.39 is 0 Å². The number of nitrogens with zero attached hydrogens (tertiary/aromatic N) is 2. The van der Waals surface area contributed by atoms with Gasteiger partial charge in [-0.05, 0) is 31.5 Å². The van der Waals surface area contributed by atoms with Crippen LogP contribution in [0.3, 0.4) is 0 Å². The molecule has 0 atom stereocenters. The topological polar surface area (TPSA) is 38.0 Å². The van der Waals surface area contributed by atoms with E-state index in [1.807, 2.05) is 29.8 Å². The summed E-state index contributed by atoms with van der Waals surface area (Å²) >= 11 is 0. The summed E-state index contributed by atoms with van der Waals surface area (Å²) in [5.41, 5.74) is 4.33. The molecule has 1 N–H and O–H groups in total. The summed E-state index contributed by atoms with van der Waals surface area (Å²) in [4.78, 5) is 0. The predicted molar refractivity (Wildman–Crippen MR) is 75.8 cm³/mol. The highest BCUT2D eigenvalue weighted by Crippen LogP contribution is 2.11. The molecule has 0 saturated carbocycles. The van der Waals surface area contributed by atoms with Gasteiger partial charge in [-0.25, -0.2) is 0 Å². The summed E-state index contributed by atoms with van der Waals surface area (Å²) in [5.74, 6) is 6.08. The van der Waals surface area contributed by atoms with Crippen molar-refractivity contribution in [1.82, 2.24) is 9.78 Å². The van der Waals surface area contributed by atoms with Crippen LogP contribution in [0.5, 0.6) is 0 Å². The minimum Gasteiger partial charge on any atom is -0.395 e. The second-order valence-electron chi connectivity index (χ2n) is 4.52. The summed E-state index contributed by atoms with van der Waals surface area (Å²) in [6.45, 7) is 4.88. The zero-order valence-corrected chi connectivity index (χ0v) is 11.3. The van der Waals surface area contributed by atoms with E-state index in [4.69, 9.17) is 5.11 Å². The van der Waals surface area contributed by atoms with Crippen LogP contribution in [-0.2, 0) is 6.54 Å². The van der Waals surface area contributed by atoms with Crippen molar-refractivity contribution in [2.24, 2.45) is 0 Å². The van der Waals surface area contributed by atoms with Gasteiger partial charge in [-0.1, -0.05) is 30.0 Å². The number of aromatic nitrogens is 2. The Morgan fingerprint density at radius 3 is 2.74 bits per heavy atom. The molecule has 1 aromatic carbocycles. The van der Waals surface area contributed by atoms with Gasteiger partial charge in [-0.2, -0.15) is 5.10 Å². The SMILES string of the molecule is Cc1cc(C)n(Cc2ccccc2C#CCCO)n1. The summed E-state index contributed by atoms with van der Waals surface area (Å²) in [6.07, 6.45) is 0.508. The zero-order chi connectivity index (χ0) is 13.7. The number of hydrogen-bond acceptors (Lipinski definition) is 2. The van der Waals surface area contributed by atoms with Crippen LogP contribution in [0.25, 0.3) is 0 Å². The molecule has 0 amide bonds. The van der Waals surface area contributed by atoms with Gasteiger partial charge in [-0.3, -0.25) is 4.68 Å². The third-order valence-corrected chi connectivity index (χ3v) is 2.90. The van der Waals surface area contributed by atoms with Gasteiger partial charge in [0.05, 0.1) is 18.8 Å². The molecule has 0 bridgehead atoms. The van der Waals surface area contributed by atoms with E-state index in [2.05, 4.69) is 36.0 Å². The number of aliphatic hydroxyl groups excluding tert-OH is 1. The fraction of sp³-hybridized carbons (Fsp3) is 0.312. The van der Waals surface area contributed by atoms with Crippen LogP contribution in [0.4, 0.5) is 0 Å². The smallest absolute Gasteiger partial charge is 0.0674 e. The third kappa shape index (κ3) is 3.46. The van der Waals surface area contributed by atoms with Crippen LogP contribution < -0.4 is 0 Å². The van der Waals surface area contributed by atoms with Gasteiger partial charge in [0.25, 0.3) is 0 Å². The van der Waals surface area contributed by atoms with Crippen molar-refractivity contribution >= 4 is 0 Å². The lowest BCUT2D eigenvalue weighted by Gasteiger charge is -2.07. The Hall–Kier alpha value is -2.05. The zero-order valence-electron chi connectivity index (χ0n) is 11.3. The third-order valence-electron chi connectivity index (χ3n) is 2.90. The summed E-state index contributed by atoms with van der Waals surface area (Å²) in [6, 6.07) is 10.1. The maximum Gasteiger partial charge on any atom is 0.0674 e. The molecule has 3 heteroatoms. The first-order valence-corrected chi connectivity index (χ1v) is 6.39.